The molecule has 2 unspecified atom stereocenters. The van der Waals surface area contributed by atoms with E-state index in [1.807, 2.05) is 0 Å². The van der Waals surface area contributed by atoms with Crippen molar-refractivity contribution in [2.75, 3.05) is 5.32 Å². The Hall–Kier alpha value is -4.06. The molecule has 216 valence electrons. The molecule has 2 saturated heterocycles. The number of carbonyl (C=O) groups is 2. The van der Waals surface area contributed by atoms with Crippen molar-refractivity contribution >= 4 is 17.7 Å². The maximum absolute atomic E-state index is 13.2. The summed E-state index contributed by atoms with van der Waals surface area (Å²) in [5, 5.41) is 16.3. The van der Waals surface area contributed by atoms with Gasteiger partial charge < -0.3 is 29.3 Å². The predicted molar refractivity (Wildman–Crippen MR) is 139 cm³/mol. The Labute approximate surface area is 233 Å². The molecule has 1 saturated carbocycles. The minimum atomic E-state index is -4.86. The molecule has 0 radical (unpaired) electrons. The number of alkyl halides is 3. The van der Waals surface area contributed by atoms with Gasteiger partial charge in [-0.25, -0.2) is 9.59 Å². The molecule has 2 amide bonds. The molecule has 0 spiro atoms. The number of carboxylic acids is 1. The monoisotopic (exact) mass is 571 g/mol. The van der Waals surface area contributed by atoms with E-state index in [9.17, 15) is 27.9 Å². The number of aromatic carboxylic acids is 1. The third kappa shape index (κ3) is 5.74. The molecule has 3 fully saturated rings. The van der Waals surface area contributed by atoms with Crippen LogP contribution in [0.1, 0.15) is 66.1 Å². The molecule has 2 atom stereocenters. The van der Waals surface area contributed by atoms with Gasteiger partial charge in [0.05, 0.1) is 24.0 Å². The third-order valence-corrected chi connectivity index (χ3v) is 7.92. The van der Waals surface area contributed by atoms with E-state index < -0.39 is 12.3 Å². The van der Waals surface area contributed by atoms with Crippen molar-refractivity contribution < 1.29 is 41.9 Å². The summed E-state index contributed by atoms with van der Waals surface area (Å²) in [6.45, 7) is 0.104. The lowest BCUT2D eigenvalue weighted by Gasteiger charge is -2.38. The van der Waals surface area contributed by atoms with E-state index in [0.717, 1.165) is 25.7 Å². The first kappa shape index (κ1) is 27.1. The summed E-state index contributed by atoms with van der Waals surface area (Å²) in [6.07, 6.45) is -0.464. The van der Waals surface area contributed by atoms with E-state index in [1.54, 1.807) is 29.2 Å². The zero-order valence-corrected chi connectivity index (χ0v) is 21.9. The van der Waals surface area contributed by atoms with Gasteiger partial charge in [-0.2, -0.15) is 0 Å². The van der Waals surface area contributed by atoms with Crippen LogP contribution in [0.4, 0.5) is 23.7 Å². The number of benzene rings is 2. The molecule has 2 bridgehead atoms. The van der Waals surface area contributed by atoms with Gasteiger partial charge in [0.2, 0.25) is 0 Å². The number of carboxylic acid groups (broad SMARTS) is 1. The Morgan fingerprint density at radius 2 is 1.71 bits per heavy atom. The molecular weight excluding hydrogens is 543 g/mol. The van der Waals surface area contributed by atoms with E-state index in [0.29, 0.717) is 24.2 Å². The van der Waals surface area contributed by atoms with Crippen molar-refractivity contribution in [1.82, 2.24) is 10.1 Å². The molecule has 12 heteroatoms. The molecule has 41 heavy (non-hydrogen) atoms. The number of hydrogen-bond acceptors (Lipinski definition) is 6. The van der Waals surface area contributed by atoms with Gasteiger partial charge in [-0.15, -0.1) is 13.2 Å². The van der Waals surface area contributed by atoms with E-state index in [-0.39, 0.29) is 65.0 Å². The van der Waals surface area contributed by atoms with Crippen LogP contribution in [-0.2, 0) is 11.3 Å². The number of urea groups is 1. The maximum atomic E-state index is 13.2. The van der Waals surface area contributed by atoms with Crippen LogP contribution >= 0.6 is 0 Å². The molecule has 3 heterocycles. The fraction of sp³-hybridized carbons (Fsp3) is 0.414. The van der Waals surface area contributed by atoms with Crippen molar-refractivity contribution in [3.63, 3.8) is 0 Å². The summed E-state index contributed by atoms with van der Waals surface area (Å²) in [5.41, 5.74) is 1.31. The first-order valence-corrected chi connectivity index (χ1v) is 13.5. The fourth-order valence-electron chi connectivity index (χ4n) is 5.97. The summed E-state index contributed by atoms with van der Waals surface area (Å²) in [7, 11) is 0. The van der Waals surface area contributed by atoms with Crippen LogP contribution in [0.5, 0.6) is 5.75 Å². The minimum absolute atomic E-state index is 0.0182. The fourth-order valence-corrected chi connectivity index (χ4v) is 5.97. The quantitative estimate of drug-likeness (QED) is 0.315. The average Bonchev–Trinajstić information content (AvgIpc) is 3.62. The molecule has 3 aromatic rings. The summed E-state index contributed by atoms with van der Waals surface area (Å²) < 4.78 is 55.4. The highest BCUT2D eigenvalue weighted by Crippen LogP contribution is 2.46. The molecule has 2 aromatic carbocycles. The van der Waals surface area contributed by atoms with Gasteiger partial charge in [0.25, 0.3) is 0 Å². The standard InChI is InChI=1S/C29H28F3N3O6/c30-29(31,32)40-24-8-4-2-6-21(24)25-22(26(41-34-25)16-9-10-16)15-39-19-13-17-11-12-18(14-19)35(17)28(38)33-23-7-3-1-5-20(23)27(36)37/h1-8,16-19H,9-15H2,(H,33,38)(H,36,37). The van der Waals surface area contributed by atoms with Crippen LogP contribution in [0.25, 0.3) is 11.3 Å². The number of hydrogen-bond donors (Lipinski definition) is 2. The summed E-state index contributed by atoms with van der Waals surface area (Å²) in [5.74, 6) is -0.708. The van der Waals surface area contributed by atoms with Crippen LogP contribution < -0.4 is 10.1 Å². The first-order valence-electron chi connectivity index (χ1n) is 13.5. The number of fused-ring (bicyclic) bond motifs is 2. The highest BCUT2D eigenvalue weighted by Gasteiger charge is 2.44. The van der Waals surface area contributed by atoms with Gasteiger partial charge in [0, 0.05) is 29.1 Å². The van der Waals surface area contributed by atoms with Crippen molar-refractivity contribution in [2.45, 2.75) is 75.6 Å². The number of amides is 2. The second-order valence-electron chi connectivity index (χ2n) is 10.7. The van der Waals surface area contributed by atoms with Crippen LogP contribution in [0.15, 0.2) is 53.1 Å². The predicted octanol–water partition coefficient (Wildman–Crippen LogP) is 6.56. The number of anilines is 1. The number of aromatic nitrogens is 1. The van der Waals surface area contributed by atoms with Crippen molar-refractivity contribution in [3.05, 3.63) is 65.4 Å². The highest BCUT2D eigenvalue weighted by molar-refractivity contribution is 6.00. The van der Waals surface area contributed by atoms with E-state index in [2.05, 4.69) is 15.2 Å². The Balaban J connectivity index is 1.16. The number of nitrogens with one attached hydrogen (secondary N) is 1. The van der Waals surface area contributed by atoms with Gasteiger partial charge in [-0.05, 0) is 62.8 Å². The Bertz CT molecular complexity index is 1440. The highest BCUT2D eigenvalue weighted by atomic mass is 19.4. The summed E-state index contributed by atoms with van der Waals surface area (Å²) in [6, 6.07) is 11.6. The van der Waals surface area contributed by atoms with Crippen LogP contribution in [0, 0.1) is 0 Å². The average molecular weight is 572 g/mol. The van der Waals surface area contributed by atoms with Crippen molar-refractivity contribution in [1.29, 1.82) is 0 Å². The molecule has 2 N–H and O–H groups in total. The Morgan fingerprint density at radius 1 is 1.02 bits per heavy atom. The van der Waals surface area contributed by atoms with Crippen LogP contribution in [-0.4, -0.2) is 51.7 Å². The van der Waals surface area contributed by atoms with Crippen molar-refractivity contribution in [3.8, 4) is 17.0 Å². The summed E-state index contributed by atoms with van der Waals surface area (Å²) >= 11 is 0. The van der Waals surface area contributed by atoms with Gasteiger partial charge in [0.15, 0.2) is 0 Å². The third-order valence-electron chi connectivity index (χ3n) is 7.92. The lowest BCUT2D eigenvalue weighted by molar-refractivity contribution is -0.274. The van der Waals surface area contributed by atoms with Crippen LogP contribution in [0.3, 0.4) is 0 Å². The number of piperidine rings is 1. The Kier molecular flexibility index (Phi) is 7.10. The number of rotatable bonds is 8. The zero-order chi connectivity index (χ0) is 28.7. The van der Waals surface area contributed by atoms with Gasteiger partial charge >= 0.3 is 18.4 Å². The second kappa shape index (κ2) is 10.7. The smallest absolute Gasteiger partial charge is 0.478 e. The van der Waals surface area contributed by atoms with E-state index in [4.69, 9.17) is 9.26 Å². The number of nitrogens with zero attached hydrogens (tertiary/aromatic N) is 2. The molecule has 9 nitrogen and oxygen atoms in total. The Morgan fingerprint density at radius 3 is 2.39 bits per heavy atom. The molecule has 6 rings (SSSR count). The molecule has 1 aromatic heterocycles. The zero-order valence-electron chi connectivity index (χ0n) is 21.9. The lowest BCUT2D eigenvalue weighted by Crippen LogP contribution is -2.50. The normalized spacial score (nSPS) is 22.0. The minimum Gasteiger partial charge on any atom is -0.478 e. The molecule has 3 aliphatic rings. The molecule has 1 aliphatic carbocycles. The first-order chi connectivity index (χ1) is 19.7. The van der Waals surface area contributed by atoms with Gasteiger partial charge in [-0.3, -0.25) is 0 Å². The SMILES string of the molecule is O=C(O)c1ccccc1NC(=O)N1C2CCC1CC(OCc1c(-c3ccccc3OC(F)(F)F)noc1C1CC1)C2. The molecule has 2 aliphatic heterocycles. The second-order valence-corrected chi connectivity index (χ2v) is 10.7. The summed E-state index contributed by atoms with van der Waals surface area (Å²) in [4.78, 5) is 26.5. The van der Waals surface area contributed by atoms with E-state index in [1.165, 1.54) is 24.3 Å². The number of para-hydroxylation sites is 2. The van der Waals surface area contributed by atoms with E-state index >= 15 is 0 Å². The largest absolute Gasteiger partial charge is 0.573 e. The molecular formula is C29H28F3N3O6. The lowest BCUT2D eigenvalue weighted by atomic mass is 9.99. The van der Waals surface area contributed by atoms with Crippen molar-refractivity contribution in [2.24, 2.45) is 0 Å². The van der Waals surface area contributed by atoms with Gasteiger partial charge in [-0.1, -0.05) is 29.4 Å². The topological polar surface area (TPSA) is 114 Å². The maximum Gasteiger partial charge on any atom is 0.573 e. The number of halogens is 3. The number of carbonyl (C=O) groups excluding carboxylic acids is 1. The van der Waals surface area contributed by atoms with Crippen LogP contribution in [0.2, 0.25) is 0 Å². The van der Waals surface area contributed by atoms with Gasteiger partial charge in [0.1, 0.15) is 17.2 Å². The number of ether oxygens (including phenoxy) is 2.